The molecule has 0 unspecified atom stereocenters. The molecule has 140 valence electrons. The molecule has 0 radical (unpaired) electrons. The van der Waals surface area contributed by atoms with E-state index >= 15 is 0 Å². The van der Waals surface area contributed by atoms with Gasteiger partial charge < -0.3 is 4.90 Å². The maximum absolute atomic E-state index is 12.7. The monoisotopic (exact) mass is 394 g/mol. The van der Waals surface area contributed by atoms with Gasteiger partial charge in [-0.3, -0.25) is 9.52 Å². The molecule has 0 aliphatic rings. The minimum Gasteiger partial charge on any atom is -0.339 e. The van der Waals surface area contributed by atoms with Crippen molar-refractivity contribution in [2.24, 2.45) is 0 Å². The maximum Gasteiger partial charge on any atom is 0.261 e. The van der Waals surface area contributed by atoms with E-state index in [0.717, 1.165) is 12.8 Å². The highest BCUT2D eigenvalue weighted by Gasteiger charge is 2.19. The summed E-state index contributed by atoms with van der Waals surface area (Å²) in [5, 5.41) is 0.521. The number of amides is 1. The van der Waals surface area contributed by atoms with Crippen molar-refractivity contribution in [1.29, 1.82) is 0 Å². The third kappa shape index (κ3) is 5.22. The van der Waals surface area contributed by atoms with E-state index in [1.165, 1.54) is 12.1 Å². The molecule has 0 aliphatic heterocycles. The number of anilines is 1. The average molecular weight is 395 g/mol. The summed E-state index contributed by atoms with van der Waals surface area (Å²) >= 11 is 5.82. The normalized spacial score (nSPS) is 11.2. The van der Waals surface area contributed by atoms with Gasteiger partial charge in [-0.2, -0.15) is 0 Å². The molecule has 2 aromatic carbocycles. The predicted molar refractivity (Wildman–Crippen MR) is 105 cm³/mol. The van der Waals surface area contributed by atoms with Crippen LogP contribution in [0.1, 0.15) is 37.0 Å². The lowest BCUT2D eigenvalue weighted by Crippen LogP contribution is -2.32. The first-order valence-electron chi connectivity index (χ1n) is 8.55. The summed E-state index contributed by atoms with van der Waals surface area (Å²) in [7, 11) is -3.80. The van der Waals surface area contributed by atoms with Crippen LogP contribution in [0, 0.1) is 0 Å². The van der Waals surface area contributed by atoms with Gasteiger partial charge in [0.25, 0.3) is 15.9 Å². The number of hydrogen-bond acceptors (Lipinski definition) is 3. The number of nitrogens with zero attached hydrogens (tertiary/aromatic N) is 1. The lowest BCUT2D eigenvalue weighted by atomic mass is 10.2. The van der Waals surface area contributed by atoms with Crippen molar-refractivity contribution in [3.8, 4) is 0 Å². The molecule has 0 spiro atoms. The minimum atomic E-state index is -3.80. The van der Waals surface area contributed by atoms with E-state index in [-0.39, 0.29) is 10.8 Å². The highest BCUT2D eigenvalue weighted by molar-refractivity contribution is 7.92. The van der Waals surface area contributed by atoms with Crippen molar-refractivity contribution < 1.29 is 13.2 Å². The van der Waals surface area contributed by atoms with Crippen LogP contribution in [0.15, 0.2) is 53.4 Å². The number of hydrogen-bond donors (Lipinski definition) is 1. The number of rotatable bonds is 8. The predicted octanol–water partition coefficient (Wildman–Crippen LogP) is 4.40. The first kappa shape index (κ1) is 20.3. The van der Waals surface area contributed by atoms with Gasteiger partial charge in [0.05, 0.1) is 4.90 Å². The summed E-state index contributed by atoms with van der Waals surface area (Å²) in [6.45, 7) is 5.30. The second kappa shape index (κ2) is 9.05. The maximum atomic E-state index is 12.7. The van der Waals surface area contributed by atoms with Crippen molar-refractivity contribution in [1.82, 2.24) is 4.90 Å². The van der Waals surface area contributed by atoms with Gasteiger partial charge in [-0.1, -0.05) is 31.5 Å². The third-order valence-electron chi connectivity index (χ3n) is 3.76. The van der Waals surface area contributed by atoms with Crippen LogP contribution in [-0.2, 0) is 10.0 Å². The van der Waals surface area contributed by atoms with E-state index < -0.39 is 10.0 Å². The molecule has 7 heteroatoms. The summed E-state index contributed by atoms with van der Waals surface area (Å²) in [6.07, 6.45) is 1.70. The fourth-order valence-corrected chi connectivity index (χ4v) is 3.80. The summed E-state index contributed by atoms with van der Waals surface area (Å²) in [4.78, 5) is 14.5. The zero-order chi connectivity index (χ0) is 19.2. The topological polar surface area (TPSA) is 66.5 Å². The molecule has 0 aromatic heterocycles. The Kier molecular flexibility index (Phi) is 7.06. The smallest absolute Gasteiger partial charge is 0.261 e. The van der Waals surface area contributed by atoms with Crippen LogP contribution in [0.25, 0.3) is 0 Å². The zero-order valence-electron chi connectivity index (χ0n) is 14.9. The van der Waals surface area contributed by atoms with Crippen LogP contribution >= 0.6 is 11.6 Å². The van der Waals surface area contributed by atoms with Gasteiger partial charge in [-0.15, -0.1) is 0 Å². The van der Waals surface area contributed by atoms with E-state index in [2.05, 4.69) is 4.72 Å². The standard InChI is InChI=1S/C19H23ClN2O3S/c1-3-12-22(13-4-2)19(23)15-6-5-7-18(14-15)26(24,25)21-17-10-8-16(20)9-11-17/h5-11,14,21H,3-4,12-13H2,1-2H3. The third-order valence-corrected chi connectivity index (χ3v) is 5.39. The first-order valence-corrected chi connectivity index (χ1v) is 10.4. The van der Waals surface area contributed by atoms with Gasteiger partial charge in [0, 0.05) is 29.4 Å². The van der Waals surface area contributed by atoms with Crippen molar-refractivity contribution in [3.05, 3.63) is 59.1 Å². The van der Waals surface area contributed by atoms with Crippen LogP contribution in [0.2, 0.25) is 5.02 Å². The van der Waals surface area contributed by atoms with Crippen molar-refractivity contribution >= 4 is 33.2 Å². The van der Waals surface area contributed by atoms with Crippen molar-refractivity contribution in [3.63, 3.8) is 0 Å². The Morgan fingerprint density at radius 1 is 1.04 bits per heavy atom. The summed E-state index contributed by atoms with van der Waals surface area (Å²) in [6, 6.07) is 12.5. The number of sulfonamides is 1. The molecular formula is C19H23ClN2O3S. The Bertz CT molecular complexity index is 845. The highest BCUT2D eigenvalue weighted by atomic mass is 35.5. The number of carbonyl (C=O) groups is 1. The Morgan fingerprint density at radius 2 is 1.65 bits per heavy atom. The van der Waals surface area contributed by atoms with E-state index in [1.54, 1.807) is 41.3 Å². The van der Waals surface area contributed by atoms with Crippen molar-refractivity contribution in [2.75, 3.05) is 17.8 Å². The average Bonchev–Trinajstić information content (AvgIpc) is 2.63. The van der Waals surface area contributed by atoms with Gasteiger partial charge in [-0.05, 0) is 55.3 Å². The van der Waals surface area contributed by atoms with E-state index in [1.807, 2.05) is 13.8 Å². The van der Waals surface area contributed by atoms with Gasteiger partial charge in [-0.25, -0.2) is 8.42 Å². The quantitative estimate of drug-likeness (QED) is 0.721. The van der Waals surface area contributed by atoms with Crippen LogP contribution < -0.4 is 4.72 Å². The summed E-state index contributed by atoms with van der Waals surface area (Å²) in [5.41, 5.74) is 0.774. The van der Waals surface area contributed by atoms with E-state index in [0.29, 0.717) is 29.4 Å². The second-order valence-electron chi connectivity index (χ2n) is 5.93. The molecule has 0 aliphatic carbocycles. The molecule has 1 N–H and O–H groups in total. The minimum absolute atomic E-state index is 0.0475. The molecule has 0 fully saturated rings. The van der Waals surface area contributed by atoms with E-state index in [4.69, 9.17) is 11.6 Å². The molecule has 5 nitrogen and oxygen atoms in total. The lowest BCUT2D eigenvalue weighted by molar-refractivity contribution is 0.0755. The van der Waals surface area contributed by atoms with Crippen LogP contribution in [0.4, 0.5) is 5.69 Å². The fraction of sp³-hybridized carbons (Fsp3) is 0.316. The molecule has 0 saturated heterocycles. The molecule has 26 heavy (non-hydrogen) atoms. The number of nitrogens with one attached hydrogen (secondary N) is 1. The van der Waals surface area contributed by atoms with Gasteiger partial charge >= 0.3 is 0 Å². The molecule has 0 heterocycles. The fourth-order valence-electron chi connectivity index (χ4n) is 2.57. The van der Waals surface area contributed by atoms with Crippen LogP contribution in [-0.4, -0.2) is 32.3 Å². The number of halogens is 1. The molecular weight excluding hydrogens is 372 g/mol. The first-order chi connectivity index (χ1) is 12.4. The molecule has 0 saturated carbocycles. The van der Waals surface area contributed by atoms with Crippen molar-refractivity contribution in [2.45, 2.75) is 31.6 Å². The van der Waals surface area contributed by atoms with Crippen LogP contribution in [0.3, 0.4) is 0 Å². The molecule has 2 rings (SSSR count). The summed E-state index contributed by atoms with van der Waals surface area (Å²) < 4.78 is 27.7. The molecule has 2 aromatic rings. The van der Waals surface area contributed by atoms with E-state index in [9.17, 15) is 13.2 Å². The highest BCUT2D eigenvalue weighted by Crippen LogP contribution is 2.20. The van der Waals surface area contributed by atoms with Gasteiger partial charge in [0.1, 0.15) is 0 Å². The summed E-state index contributed by atoms with van der Waals surface area (Å²) in [5.74, 6) is -0.155. The Balaban J connectivity index is 2.26. The second-order valence-corrected chi connectivity index (χ2v) is 8.05. The Labute approximate surface area is 160 Å². The largest absolute Gasteiger partial charge is 0.339 e. The van der Waals surface area contributed by atoms with Gasteiger partial charge in [0.2, 0.25) is 0 Å². The SMILES string of the molecule is CCCN(CCC)C(=O)c1cccc(S(=O)(=O)Nc2ccc(Cl)cc2)c1. The Morgan fingerprint density at radius 3 is 2.23 bits per heavy atom. The zero-order valence-corrected chi connectivity index (χ0v) is 16.5. The number of benzene rings is 2. The molecule has 0 atom stereocenters. The molecule has 1 amide bonds. The lowest BCUT2D eigenvalue weighted by Gasteiger charge is -2.21. The van der Waals surface area contributed by atoms with Crippen LogP contribution in [0.5, 0.6) is 0 Å². The Hall–Kier alpha value is -2.05. The molecule has 0 bridgehead atoms. The van der Waals surface area contributed by atoms with Gasteiger partial charge in [0.15, 0.2) is 0 Å². The number of carbonyl (C=O) groups excluding carboxylic acids is 1.